The average Bonchev–Trinajstić information content (AvgIpc) is 2.93. The first kappa shape index (κ1) is 26.6. The van der Waals surface area contributed by atoms with Gasteiger partial charge in [0.2, 0.25) is 15.9 Å². The third-order valence-electron chi connectivity index (χ3n) is 5.50. The van der Waals surface area contributed by atoms with E-state index in [4.69, 9.17) is 0 Å². The molecule has 4 aromatic rings. The molecule has 0 aliphatic heterocycles. The molecular weight excluding hydrogens is 509 g/mol. The maximum atomic E-state index is 13.3. The number of anilines is 1. The number of rotatable bonds is 10. The highest BCUT2D eigenvalue weighted by molar-refractivity contribution is 7.89. The molecule has 0 unspecified atom stereocenters. The van der Waals surface area contributed by atoms with Crippen LogP contribution in [0, 0.1) is 5.82 Å². The molecule has 1 atom stereocenters. The van der Waals surface area contributed by atoms with E-state index in [1.165, 1.54) is 67.1 Å². The molecule has 0 radical (unpaired) electrons. The van der Waals surface area contributed by atoms with Crippen molar-refractivity contribution in [3.63, 3.8) is 0 Å². The Morgan fingerprint density at radius 2 is 1.61 bits per heavy atom. The molecule has 1 aromatic heterocycles. The van der Waals surface area contributed by atoms with Crippen LogP contribution in [0.25, 0.3) is 0 Å². The Labute approximate surface area is 219 Å². The highest BCUT2D eigenvalue weighted by atomic mass is 32.2. The van der Waals surface area contributed by atoms with Crippen molar-refractivity contribution in [3.8, 4) is 0 Å². The summed E-state index contributed by atoms with van der Waals surface area (Å²) in [7, 11) is -3.82. The summed E-state index contributed by atoms with van der Waals surface area (Å²) in [5.74, 6) is -1.51. The summed E-state index contributed by atoms with van der Waals surface area (Å²) in [6, 6.07) is 18.8. The van der Waals surface area contributed by atoms with Gasteiger partial charge in [-0.3, -0.25) is 19.6 Å². The third-order valence-corrected chi connectivity index (χ3v) is 6.92. The van der Waals surface area contributed by atoms with Crippen LogP contribution in [0.5, 0.6) is 0 Å². The minimum absolute atomic E-state index is 0.00448. The second-order valence-corrected chi connectivity index (χ2v) is 10.0. The molecule has 38 heavy (non-hydrogen) atoms. The highest BCUT2D eigenvalue weighted by Gasteiger charge is 2.23. The number of aromatic nitrogens is 2. The normalized spacial score (nSPS) is 11.9. The lowest BCUT2D eigenvalue weighted by molar-refractivity contribution is -0.118. The first-order valence-corrected chi connectivity index (χ1v) is 13.0. The number of nitrogens with zero attached hydrogens (tertiary/aromatic N) is 2. The van der Waals surface area contributed by atoms with Crippen LogP contribution in [0.15, 0.2) is 102 Å². The van der Waals surface area contributed by atoms with Crippen molar-refractivity contribution in [1.82, 2.24) is 20.0 Å². The molecule has 3 N–H and O–H groups in total. The van der Waals surface area contributed by atoms with Crippen LogP contribution >= 0.6 is 0 Å². The quantitative estimate of drug-likeness (QED) is 0.287. The topological polar surface area (TPSA) is 130 Å². The summed E-state index contributed by atoms with van der Waals surface area (Å²) in [6.07, 6.45) is 4.62. The minimum Gasteiger partial charge on any atom is -0.340 e. The van der Waals surface area contributed by atoms with E-state index in [-0.39, 0.29) is 23.4 Å². The van der Waals surface area contributed by atoms with E-state index in [0.717, 1.165) is 5.56 Å². The number of halogens is 1. The Kier molecular flexibility index (Phi) is 8.51. The maximum absolute atomic E-state index is 13.3. The van der Waals surface area contributed by atoms with Gasteiger partial charge < -0.3 is 10.6 Å². The van der Waals surface area contributed by atoms with Crippen LogP contribution < -0.4 is 15.4 Å². The van der Waals surface area contributed by atoms with E-state index in [0.29, 0.717) is 11.4 Å². The fraction of sp³-hybridized carbons (Fsp3) is 0.111. The second kappa shape index (κ2) is 12.2. The number of hydrogen-bond acceptors (Lipinski definition) is 6. The summed E-state index contributed by atoms with van der Waals surface area (Å²) in [5.41, 5.74) is 1.84. The van der Waals surface area contributed by atoms with Gasteiger partial charge in [0.15, 0.2) is 0 Å². The van der Waals surface area contributed by atoms with Gasteiger partial charge in [0.05, 0.1) is 17.1 Å². The summed E-state index contributed by atoms with van der Waals surface area (Å²) in [4.78, 5) is 33.8. The minimum atomic E-state index is -3.82. The fourth-order valence-electron chi connectivity index (χ4n) is 3.52. The number of hydrogen-bond donors (Lipinski definition) is 3. The molecule has 11 heteroatoms. The van der Waals surface area contributed by atoms with Gasteiger partial charge in [0, 0.05) is 36.3 Å². The summed E-state index contributed by atoms with van der Waals surface area (Å²) in [5, 5.41) is 5.42. The SMILES string of the molecule is O=C(N[C@@H](Cc1ccccc1)C(=O)Nc1ccc(S(=O)(=O)NCc2cnccn2)cc1)c1ccc(F)cc1. The Bertz CT molecular complexity index is 1480. The zero-order valence-corrected chi connectivity index (χ0v) is 20.9. The molecular formula is C27H24FN5O4S. The monoisotopic (exact) mass is 533 g/mol. The van der Waals surface area contributed by atoms with Crippen molar-refractivity contribution in [2.45, 2.75) is 23.9 Å². The van der Waals surface area contributed by atoms with E-state index in [2.05, 4.69) is 25.3 Å². The highest BCUT2D eigenvalue weighted by Crippen LogP contribution is 2.16. The Morgan fingerprint density at radius 1 is 0.895 bits per heavy atom. The smallest absolute Gasteiger partial charge is 0.251 e. The van der Waals surface area contributed by atoms with Crippen molar-refractivity contribution in [1.29, 1.82) is 0 Å². The van der Waals surface area contributed by atoms with Gasteiger partial charge >= 0.3 is 0 Å². The van der Waals surface area contributed by atoms with Gasteiger partial charge in [0.1, 0.15) is 11.9 Å². The van der Waals surface area contributed by atoms with Gasteiger partial charge in [0.25, 0.3) is 5.91 Å². The standard InChI is InChI=1S/C27H24FN5O4S/c28-21-8-6-20(7-9-21)26(34)33-25(16-19-4-2-1-3-5-19)27(35)32-22-10-12-24(13-11-22)38(36,37)31-18-23-17-29-14-15-30-23/h1-15,17,25,31H,16,18H2,(H,32,35)(H,33,34)/t25-/m0/s1. The van der Waals surface area contributed by atoms with Gasteiger partial charge in [-0.2, -0.15) is 0 Å². The maximum Gasteiger partial charge on any atom is 0.251 e. The molecule has 0 saturated carbocycles. The van der Waals surface area contributed by atoms with Gasteiger partial charge in [-0.1, -0.05) is 30.3 Å². The third kappa shape index (κ3) is 7.28. The second-order valence-electron chi connectivity index (χ2n) is 8.26. The Hall–Kier alpha value is -4.48. The van der Waals surface area contributed by atoms with E-state index in [9.17, 15) is 22.4 Å². The van der Waals surface area contributed by atoms with Gasteiger partial charge in [-0.15, -0.1) is 0 Å². The summed E-state index contributed by atoms with van der Waals surface area (Å²) >= 11 is 0. The van der Waals surface area contributed by atoms with Crippen LogP contribution in [0.3, 0.4) is 0 Å². The summed E-state index contributed by atoms with van der Waals surface area (Å²) in [6.45, 7) is -0.0242. The van der Waals surface area contributed by atoms with Crippen LogP contribution in [-0.2, 0) is 27.8 Å². The first-order valence-electron chi connectivity index (χ1n) is 11.6. The van der Waals surface area contributed by atoms with Crippen LogP contribution in [0.1, 0.15) is 21.6 Å². The molecule has 0 aliphatic carbocycles. The first-order chi connectivity index (χ1) is 18.3. The number of carbonyl (C=O) groups excluding carboxylic acids is 2. The number of benzene rings is 3. The number of carbonyl (C=O) groups is 2. The number of sulfonamides is 1. The lowest BCUT2D eigenvalue weighted by atomic mass is 10.0. The molecule has 1 heterocycles. The molecule has 0 fully saturated rings. The number of nitrogens with one attached hydrogen (secondary N) is 3. The lowest BCUT2D eigenvalue weighted by Gasteiger charge is -2.19. The molecule has 2 amide bonds. The molecule has 0 bridgehead atoms. The molecule has 3 aromatic carbocycles. The average molecular weight is 534 g/mol. The van der Waals surface area contributed by atoms with Crippen LogP contribution in [-0.4, -0.2) is 36.2 Å². The molecule has 0 saturated heterocycles. The van der Waals surface area contributed by atoms with E-state index < -0.39 is 33.7 Å². The fourth-order valence-corrected chi connectivity index (χ4v) is 4.52. The Balaban J connectivity index is 1.45. The van der Waals surface area contributed by atoms with Gasteiger partial charge in [-0.05, 0) is 54.1 Å². The van der Waals surface area contributed by atoms with Crippen molar-refractivity contribution >= 4 is 27.5 Å². The van der Waals surface area contributed by atoms with E-state index in [1.807, 2.05) is 30.3 Å². The van der Waals surface area contributed by atoms with Crippen LogP contribution in [0.2, 0.25) is 0 Å². The van der Waals surface area contributed by atoms with E-state index >= 15 is 0 Å². The van der Waals surface area contributed by atoms with Crippen molar-refractivity contribution in [2.75, 3.05) is 5.32 Å². The predicted molar refractivity (Wildman–Crippen MR) is 139 cm³/mol. The summed E-state index contributed by atoms with van der Waals surface area (Å²) < 4.78 is 40.9. The molecule has 0 aliphatic rings. The van der Waals surface area contributed by atoms with Crippen molar-refractivity contribution in [3.05, 3.63) is 120 Å². The largest absolute Gasteiger partial charge is 0.340 e. The predicted octanol–water partition coefficient (Wildman–Crippen LogP) is 3.07. The Morgan fingerprint density at radius 3 is 2.26 bits per heavy atom. The molecule has 194 valence electrons. The zero-order valence-electron chi connectivity index (χ0n) is 20.0. The zero-order chi connectivity index (χ0) is 27.0. The van der Waals surface area contributed by atoms with Crippen molar-refractivity contribution < 1.29 is 22.4 Å². The molecule has 0 spiro atoms. The van der Waals surface area contributed by atoms with Crippen LogP contribution in [0.4, 0.5) is 10.1 Å². The number of amides is 2. The van der Waals surface area contributed by atoms with Crippen molar-refractivity contribution in [2.24, 2.45) is 0 Å². The molecule has 9 nitrogen and oxygen atoms in total. The van der Waals surface area contributed by atoms with Gasteiger partial charge in [-0.25, -0.2) is 17.5 Å². The molecule has 4 rings (SSSR count). The lowest BCUT2D eigenvalue weighted by Crippen LogP contribution is -2.45. The van der Waals surface area contributed by atoms with E-state index in [1.54, 1.807) is 0 Å².